The Morgan fingerprint density at radius 1 is 1.06 bits per heavy atom. The largest absolute Gasteiger partial charge is 0.497 e. The molecule has 0 spiro atoms. The number of methoxy groups -OCH3 is 1. The summed E-state index contributed by atoms with van der Waals surface area (Å²) in [7, 11) is 1.61. The number of alkyl halides is 3. The van der Waals surface area contributed by atoms with Crippen molar-refractivity contribution in [3.05, 3.63) is 89.2 Å². The first-order valence-electron chi connectivity index (χ1n) is 11.6. The minimum absolute atomic E-state index is 0.00891. The van der Waals surface area contributed by atoms with Crippen LogP contribution in [0.4, 0.5) is 18.9 Å². The molecule has 0 N–H and O–H groups in total. The number of nitrogens with zero attached hydrogens (tertiary/aromatic N) is 2. The summed E-state index contributed by atoms with van der Waals surface area (Å²) in [5.74, 6) is 0.429. The van der Waals surface area contributed by atoms with Crippen LogP contribution in [0.1, 0.15) is 55.1 Å². The topological polar surface area (TPSA) is 42.4 Å². The summed E-state index contributed by atoms with van der Waals surface area (Å²) in [4.78, 5) is 19.2. The van der Waals surface area contributed by atoms with Crippen molar-refractivity contribution in [3.8, 4) is 5.75 Å². The highest BCUT2D eigenvalue weighted by Crippen LogP contribution is 2.45. The fraction of sp³-hybridized carbons (Fsp3) is 0.357. The molecule has 1 fully saturated rings. The predicted octanol–water partition coefficient (Wildman–Crippen LogP) is 6.88. The smallest absolute Gasteiger partial charge is 0.433 e. The van der Waals surface area contributed by atoms with Gasteiger partial charge in [0.2, 0.25) is 5.91 Å². The molecule has 7 heteroatoms. The van der Waals surface area contributed by atoms with E-state index in [-0.39, 0.29) is 17.9 Å². The fourth-order valence-electron chi connectivity index (χ4n) is 4.84. The lowest BCUT2D eigenvalue weighted by atomic mass is 9.76. The van der Waals surface area contributed by atoms with Gasteiger partial charge >= 0.3 is 6.18 Å². The molecule has 35 heavy (non-hydrogen) atoms. The Bertz CT molecular complexity index is 1190. The van der Waals surface area contributed by atoms with Gasteiger partial charge in [0.1, 0.15) is 11.4 Å². The number of halogens is 3. The maximum Gasteiger partial charge on any atom is 0.433 e. The molecule has 1 amide bonds. The molecule has 4 nitrogen and oxygen atoms in total. The standard InChI is InChI=1S/C28H29F3N2O2/c1-18-8-11-22(12-9-18)33-24(19-6-5-7-23(14-19)35-4)15-20(26(33)34)16-27(2,3)21-10-13-25(32-17-21)28(29,30)31/h5-14,17,20,24H,15-16H2,1-4H3/t20-,24+/m0/s1. The van der Waals surface area contributed by atoms with Crippen LogP contribution < -0.4 is 9.64 Å². The minimum atomic E-state index is -4.48. The number of aryl methyl sites for hydroxylation is 1. The molecule has 0 saturated carbocycles. The first-order valence-corrected chi connectivity index (χ1v) is 11.6. The maximum atomic E-state index is 13.8. The normalized spacial score (nSPS) is 18.7. The number of rotatable bonds is 6. The Morgan fingerprint density at radius 3 is 2.37 bits per heavy atom. The first-order chi connectivity index (χ1) is 16.5. The van der Waals surface area contributed by atoms with Crippen LogP contribution in [0.25, 0.3) is 0 Å². The molecule has 3 aromatic rings. The average molecular weight is 483 g/mol. The summed E-state index contributed by atoms with van der Waals surface area (Å²) < 4.78 is 44.3. The second kappa shape index (κ2) is 9.36. The molecule has 0 unspecified atom stereocenters. The van der Waals surface area contributed by atoms with Gasteiger partial charge in [0, 0.05) is 17.8 Å². The second-order valence-corrected chi connectivity index (χ2v) is 9.79. The van der Waals surface area contributed by atoms with Crippen LogP contribution >= 0.6 is 0 Å². The van der Waals surface area contributed by atoms with Gasteiger partial charge in [-0.3, -0.25) is 9.78 Å². The van der Waals surface area contributed by atoms with E-state index in [4.69, 9.17) is 4.74 Å². The molecule has 1 saturated heterocycles. The van der Waals surface area contributed by atoms with Crippen molar-refractivity contribution in [1.82, 2.24) is 4.98 Å². The summed E-state index contributed by atoms with van der Waals surface area (Å²) in [6.07, 6.45) is -2.12. The Morgan fingerprint density at radius 2 is 1.77 bits per heavy atom. The lowest BCUT2D eigenvalue weighted by molar-refractivity contribution is -0.141. The van der Waals surface area contributed by atoms with E-state index in [0.29, 0.717) is 18.4 Å². The average Bonchev–Trinajstić information content (AvgIpc) is 3.14. The van der Waals surface area contributed by atoms with Crippen molar-refractivity contribution in [2.24, 2.45) is 5.92 Å². The second-order valence-electron chi connectivity index (χ2n) is 9.79. The molecule has 0 bridgehead atoms. The molecule has 2 aromatic carbocycles. The quantitative estimate of drug-likeness (QED) is 0.385. The van der Waals surface area contributed by atoms with Gasteiger partial charge in [-0.15, -0.1) is 0 Å². The number of carbonyl (C=O) groups excluding carboxylic acids is 1. The highest BCUT2D eigenvalue weighted by atomic mass is 19.4. The number of ether oxygens (including phenoxy) is 1. The third kappa shape index (κ3) is 5.19. The van der Waals surface area contributed by atoms with Crippen LogP contribution in [-0.4, -0.2) is 18.0 Å². The maximum absolute atomic E-state index is 13.8. The van der Waals surface area contributed by atoms with Gasteiger partial charge in [0.15, 0.2) is 0 Å². The van der Waals surface area contributed by atoms with Crippen molar-refractivity contribution in [2.45, 2.75) is 51.2 Å². The molecular weight excluding hydrogens is 453 g/mol. The summed E-state index contributed by atoms with van der Waals surface area (Å²) >= 11 is 0. The van der Waals surface area contributed by atoms with E-state index >= 15 is 0 Å². The fourth-order valence-corrected chi connectivity index (χ4v) is 4.84. The number of hydrogen-bond donors (Lipinski definition) is 0. The predicted molar refractivity (Wildman–Crippen MR) is 129 cm³/mol. The van der Waals surface area contributed by atoms with Gasteiger partial charge < -0.3 is 9.64 Å². The first kappa shape index (κ1) is 24.8. The summed E-state index contributed by atoms with van der Waals surface area (Å²) in [6, 6.07) is 17.9. The monoisotopic (exact) mass is 482 g/mol. The highest BCUT2D eigenvalue weighted by Gasteiger charge is 2.44. The SMILES string of the molecule is COc1cccc([C@H]2C[C@@H](CC(C)(C)c3ccc(C(F)(F)F)nc3)C(=O)N2c2ccc(C)cc2)c1. The molecule has 184 valence electrons. The van der Waals surface area contributed by atoms with Gasteiger partial charge in [-0.2, -0.15) is 13.2 Å². The number of benzene rings is 2. The van der Waals surface area contributed by atoms with Crippen molar-refractivity contribution in [1.29, 1.82) is 0 Å². The molecule has 0 radical (unpaired) electrons. The third-order valence-electron chi connectivity index (χ3n) is 6.79. The zero-order valence-corrected chi connectivity index (χ0v) is 20.3. The Balaban J connectivity index is 1.65. The Kier molecular flexibility index (Phi) is 6.62. The van der Waals surface area contributed by atoms with Crippen LogP contribution in [0.5, 0.6) is 5.75 Å². The van der Waals surface area contributed by atoms with E-state index in [1.807, 2.05) is 74.2 Å². The summed E-state index contributed by atoms with van der Waals surface area (Å²) in [6.45, 7) is 5.89. The van der Waals surface area contributed by atoms with Crippen LogP contribution in [-0.2, 0) is 16.4 Å². The van der Waals surface area contributed by atoms with E-state index in [1.54, 1.807) is 7.11 Å². The van der Waals surface area contributed by atoms with Crippen molar-refractivity contribution in [3.63, 3.8) is 0 Å². The van der Waals surface area contributed by atoms with E-state index in [0.717, 1.165) is 28.6 Å². The molecule has 1 aromatic heterocycles. The molecule has 2 atom stereocenters. The summed E-state index contributed by atoms with van der Waals surface area (Å²) in [5, 5.41) is 0. The lowest BCUT2D eigenvalue weighted by Gasteiger charge is -2.28. The molecule has 1 aliphatic heterocycles. The number of hydrogen-bond acceptors (Lipinski definition) is 3. The highest BCUT2D eigenvalue weighted by molar-refractivity contribution is 5.98. The molecule has 4 rings (SSSR count). The van der Waals surface area contributed by atoms with Crippen molar-refractivity contribution >= 4 is 11.6 Å². The number of aromatic nitrogens is 1. The minimum Gasteiger partial charge on any atom is -0.497 e. The molecule has 1 aliphatic rings. The third-order valence-corrected chi connectivity index (χ3v) is 6.79. The Hall–Kier alpha value is -3.35. The van der Waals surface area contributed by atoms with Crippen LogP contribution in [0.15, 0.2) is 66.9 Å². The van der Waals surface area contributed by atoms with Gasteiger partial charge in [0.05, 0.1) is 13.2 Å². The van der Waals surface area contributed by atoms with E-state index < -0.39 is 17.3 Å². The number of anilines is 1. The molecule has 2 heterocycles. The van der Waals surface area contributed by atoms with Crippen molar-refractivity contribution in [2.75, 3.05) is 12.0 Å². The van der Waals surface area contributed by atoms with Crippen molar-refractivity contribution < 1.29 is 22.7 Å². The number of amides is 1. The van der Waals surface area contributed by atoms with Gasteiger partial charge in [-0.25, -0.2) is 0 Å². The lowest BCUT2D eigenvalue weighted by Crippen LogP contribution is -2.31. The molecule has 0 aliphatic carbocycles. The number of carbonyl (C=O) groups is 1. The van der Waals surface area contributed by atoms with Gasteiger partial charge in [0.25, 0.3) is 0 Å². The van der Waals surface area contributed by atoms with Crippen LogP contribution in [0.3, 0.4) is 0 Å². The zero-order valence-electron chi connectivity index (χ0n) is 20.3. The van der Waals surface area contributed by atoms with Gasteiger partial charge in [-0.05, 0) is 66.6 Å². The van der Waals surface area contributed by atoms with Gasteiger partial charge in [-0.1, -0.05) is 49.7 Å². The number of pyridine rings is 1. The van der Waals surface area contributed by atoms with E-state index in [9.17, 15) is 18.0 Å². The summed E-state index contributed by atoms with van der Waals surface area (Å²) in [5.41, 5.74) is 2.12. The van der Waals surface area contributed by atoms with E-state index in [1.165, 1.54) is 12.3 Å². The Labute approximate surface area is 203 Å². The molecular formula is C28H29F3N2O2. The van der Waals surface area contributed by atoms with Crippen LogP contribution in [0, 0.1) is 12.8 Å². The van der Waals surface area contributed by atoms with E-state index in [2.05, 4.69) is 4.98 Å². The zero-order chi connectivity index (χ0) is 25.4. The van der Waals surface area contributed by atoms with Crippen LogP contribution in [0.2, 0.25) is 0 Å².